The molecule has 0 radical (unpaired) electrons. The van der Waals surface area contributed by atoms with E-state index in [1.54, 1.807) is 24.3 Å². The number of aryl methyl sites for hydroxylation is 3. The molecule has 0 bridgehead atoms. The summed E-state index contributed by atoms with van der Waals surface area (Å²) in [5.41, 5.74) is 5.01. The lowest BCUT2D eigenvalue weighted by molar-refractivity contribution is -0.118. The van der Waals surface area contributed by atoms with Gasteiger partial charge in [0.2, 0.25) is 0 Å². The molecule has 0 atom stereocenters. The van der Waals surface area contributed by atoms with Crippen molar-refractivity contribution in [2.24, 2.45) is 0 Å². The Hall–Kier alpha value is -4.06. The van der Waals surface area contributed by atoms with E-state index in [4.69, 9.17) is 9.15 Å². The predicted molar refractivity (Wildman–Crippen MR) is 125 cm³/mol. The van der Waals surface area contributed by atoms with E-state index in [-0.39, 0.29) is 24.2 Å². The van der Waals surface area contributed by atoms with E-state index in [0.717, 1.165) is 16.5 Å². The summed E-state index contributed by atoms with van der Waals surface area (Å²) in [5.74, 6) is 0.305. The second-order valence-electron chi connectivity index (χ2n) is 7.72. The zero-order chi connectivity index (χ0) is 22.7. The average molecular weight is 428 g/mol. The third-order valence-corrected chi connectivity index (χ3v) is 5.26. The van der Waals surface area contributed by atoms with Gasteiger partial charge in [-0.3, -0.25) is 9.59 Å². The maximum Gasteiger partial charge on any atom is 0.291 e. The molecule has 2 amide bonds. The molecular formula is C26H24N2O4. The number of furan rings is 1. The van der Waals surface area contributed by atoms with Crippen molar-refractivity contribution < 1.29 is 18.7 Å². The lowest BCUT2D eigenvalue weighted by Gasteiger charge is -2.11. The zero-order valence-corrected chi connectivity index (χ0v) is 18.2. The summed E-state index contributed by atoms with van der Waals surface area (Å²) in [6.07, 6.45) is 0. The number of carbonyl (C=O) groups excluding carboxylic acids is 2. The number of amides is 2. The van der Waals surface area contributed by atoms with Crippen LogP contribution >= 0.6 is 0 Å². The topological polar surface area (TPSA) is 80.6 Å². The van der Waals surface area contributed by atoms with Crippen LogP contribution in [-0.4, -0.2) is 18.4 Å². The molecule has 0 aliphatic rings. The molecule has 4 aromatic rings. The summed E-state index contributed by atoms with van der Waals surface area (Å²) in [7, 11) is 0. The van der Waals surface area contributed by atoms with Crippen LogP contribution in [0.25, 0.3) is 11.0 Å². The van der Waals surface area contributed by atoms with Gasteiger partial charge in [-0.1, -0.05) is 24.3 Å². The van der Waals surface area contributed by atoms with Gasteiger partial charge >= 0.3 is 0 Å². The minimum Gasteiger partial charge on any atom is -0.484 e. The van der Waals surface area contributed by atoms with Crippen LogP contribution in [0.4, 0.5) is 11.4 Å². The maximum absolute atomic E-state index is 12.6. The van der Waals surface area contributed by atoms with Crippen LogP contribution in [-0.2, 0) is 4.79 Å². The summed E-state index contributed by atoms with van der Waals surface area (Å²) in [6, 6.07) is 20.2. The Morgan fingerprint density at radius 3 is 2.41 bits per heavy atom. The molecule has 3 aromatic carbocycles. The maximum atomic E-state index is 12.6. The molecule has 0 aliphatic carbocycles. The van der Waals surface area contributed by atoms with Crippen LogP contribution in [0, 0.1) is 20.8 Å². The van der Waals surface area contributed by atoms with Gasteiger partial charge in [0.15, 0.2) is 12.4 Å². The molecule has 0 aliphatic heterocycles. The Balaban J connectivity index is 1.36. The van der Waals surface area contributed by atoms with E-state index < -0.39 is 0 Å². The van der Waals surface area contributed by atoms with Gasteiger partial charge < -0.3 is 19.8 Å². The fourth-order valence-corrected chi connectivity index (χ4v) is 3.31. The van der Waals surface area contributed by atoms with Crippen molar-refractivity contribution in [3.63, 3.8) is 0 Å². The first kappa shape index (κ1) is 21.2. The largest absolute Gasteiger partial charge is 0.484 e. The van der Waals surface area contributed by atoms with Crippen molar-refractivity contribution in [2.45, 2.75) is 20.8 Å². The van der Waals surface area contributed by atoms with Crippen molar-refractivity contribution >= 4 is 34.2 Å². The van der Waals surface area contributed by atoms with Crippen molar-refractivity contribution in [3.05, 3.63) is 89.2 Å². The highest BCUT2D eigenvalue weighted by atomic mass is 16.5. The third-order valence-electron chi connectivity index (χ3n) is 5.26. The van der Waals surface area contributed by atoms with Crippen molar-refractivity contribution in [1.29, 1.82) is 0 Å². The van der Waals surface area contributed by atoms with E-state index in [9.17, 15) is 9.59 Å². The second kappa shape index (κ2) is 8.98. The van der Waals surface area contributed by atoms with Crippen LogP contribution in [0.5, 0.6) is 5.75 Å². The number of carbonyl (C=O) groups is 2. The Bertz CT molecular complexity index is 1270. The number of anilines is 2. The molecule has 1 aromatic heterocycles. The zero-order valence-electron chi connectivity index (χ0n) is 18.2. The SMILES string of the molecule is Cc1ccc(OCC(=O)Nc2ccc(NC(=O)c3cc4ccccc4o3)c(C)c2)cc1C. The third kappa shape index (κ3) is 4.81. The first-order valence-electron chi connectivity index (χ1n) is 10.3. The van der Waals surface area contributed by atoms with E-state index in [1.165, 1.54) is 5.56 Å². The van der Waals surface area contributed by atoms with E-state index in [2.05, 4.69) is 10.6 Å². The van der Waals surface area contributed by atoms with Gasteiger partial charge in [-0.05, 0) is 79.9 Å². The minimum absolute atomic E-state index is 0.0912. The molecule has 0 unspecified atom stereocenters. The van der Waals surface area contributed by atoms with Gasteiger partial charge in [0.05, 0.1) is 0 Å². The number of hydrogen-bond acceptors (Lipinski definition) is 4. The molecule has 32 heavy (non-hydrogen) atoms. The van der Waals surface area contributed by atoms with Crippen molar-refractivity contribution in [2.75, 3.05) is 17.2 Å². The normalized spacial score (nSPS) is 10.7. The average Bonchev–Trinajstić information content (AvgIpc) is 3.21. The molecule has 0 saturated carbocycles. The van der Waals surface area contributed by atoms with Gasteiger partial charge in [-0.15, -0.1) is 0 Å². The molecular weight excluding hydrogens is 404 g/mol. The summed E-state index contributed by atoms with van der Waals surface area (Å²) in [6.45, 7) is 5.79. The molecule has 2 N–H and O–H groups in total. The lowest BCUT2D eigenvalue weighted by Crippen LogP contribution is -2.20. The van der Waals surface area contributed by atoms with Crippen LogP contribution < -0.4 is 15.4 Å². The van der Waals surface area contributed by atoms with Gasteiger partial charge in [0, 0.05) is 16.8 Å². The number of para-hydroxylation sites is 1. The molecule has 0 saturated heterocycles. The number of rotatable bonds is 6. The Labute approximate surface area is 186 Å². The Kier molecular flexibility index (Phi) is 5.94. The Morgan fingerprint density at radius 1 is 0.844 bits per heavy atom. The highest BCUT2D eigenvalue weighted by Gasteiger charge is 2.14. The fourth-order valence-electron chi connectivity index (χ4n) is 3.31. The van der Waals surface area contributed by atoms with E-state index in [0.29, 0.717) is 22.7 Å². The molecule has 4 rings (SSSR count). The van der Waals surface area contributed by atoms with Gasteiger partial charge in [-0.2, -0.15) is 0 Å². The summed E-state index contributed by atoms with van der Waals surface area (Å²) < 4.78 is 11.2. The number of benzene rings is 3. The molecule has 6 heteroatoms. The van der Waals surface area contributed by atoms with Crippen LogP contribution in [0.15, 0.2) is 71.1 Å². The number of nitrogens with one attached hydrogen (secondary N) is 2. The first-order chi connectivity index (χ1) is 15.4. The van der Waals surface area contributed by atoms with Crippen molar-refractivity contribution in [3.8, 4) is 5.75 Å². The van der Waals surface area contributed by atoms with Crippen LogP contribution in [0.1, 0.15) is 27.2 Å². The van der Waals surface area contributed by atoms with E-state index >= 15 is 0 Å². The quantitative estimate of drug-likeness (QED) is 0.417. The molecule has 0 spiro atoms. The van der Waals surface area contributed by atoms with Gasteiger partial charge in [0.1, 0.15) is 11.3 Å². The minimum atomic E-state index is -0.331. The van der Waals surface area contributed by atoms with Gasteiger partial charge in [-0.25, -0.2) is 0 Å². The monoisotopic (exact) mass is 428 g/mol. The fraction of sp³-hybridized carbons (Fsp3) is 0.154. The van der Waals surface area contributed by atoms with E-state index in [1.807, 2.05) is 63.2 Å². The van der Waals surface area contributed by atoms with Crippen LogP contribution in [0.3, 0.4) is 0 Å². The Morgan fingerprint density at radius 2 is 1.66 bits per heavy atom. The molecule has 0 fully saturated rings. The van der Waals surface area contributed by atoms with Crippen LogP contribution in [0.2, 0.25) is 0 Å². The van der Waals surface area contributed by atoms with Crippen molar-refractivity contribution in [1.82, 2.24) is 0 Å². The highest BCUT2D eigenvalue weighted by molar-refractivity contribution is 6.05. The molecule has 162 valence electrons. The summed E-state index contributed by atoms with van der Waals surface area (Å²) >= 11 is 0. The smallest absolute Gasteiger partial charge is 0.291 e. The number of ether oxygens (including phenoxy) is 1. The summed E-state index contributed by atoms with van der Waals surface area (Å²) in [4.78, 5) is 24.8. The number of hydrogen-bond donors (Lipinski definition) is 2. The highest BCUT2D eigenvalue weighted by Crippen LogP contribution is 2.23. The second-order valence-corrected chi connectivity index (χ2v) is 7.72. The predicted octanol–water partition coefficient (Wildman–Crippen LogP) is 5.63. The first-order valence-corrected chi connectivity index (χ1v) is 10.3. The standard InChI is InChI=1S/C26H24N2O4/c1-16-8-10-21(13-17(16)2)31-15-25(29)27-20-9-11-22(18(3)12-20)28-26(30)24-14-19-6-4-5-7-23(19)32-24/h4-14H,15H2,1-3H3,(H,27,29)(H,28,30). The number of fused-ring (bicyclic) bond motifs is 1. The van der Waals surface area contributed by atoms with Gasteiger partial charge in [0.25, 0.3) is 11.8 Å². The molecule has 6 nitrogen and oxygen atoms in total. The summed E-state index contributed by atoms with van der Waals surface area (Å²) in [5, 5.41) is 6.54. The lowest BCUT2D eigenvalue weighted by atomic mass is 10.1. The molecule has 1 heterocycles.